The number of para-hydroxylation sites is 1. The number of hydrogen-bond donors (Lipinski definition) is 0. The van der Waals surface area contributed by atoms with Gasteiger partial charge in [-0.15, -0.1) is 11.3 Å². The van der Waals surface area contributed by atoms with E-state index < -0.39 is 0 Å². The molecule has 6 rings (SSSR count). The molecule has 2 heterocycles. The second-order valence-corrected chi connectivity index (χ2v) is 8.17. The van der Waals surface area contributed by atoms with Crippen LogP contribution in [-0.2, 0) is 0 Å². The summed E-state index contributed by atoms with van der Waals surface area (Å²) in [6.45, 7) is 0. The molecule has 1 nitrogen and oxygen atoms in total. The van der Waals surface area contributed by atoms with Gasteiger partial charge < -0.3 is 0 Å². The van der Waals surface area contributed by atoms with Crippen LogP contribution in [0.5, 0.6) is 0 Å². The fourth-order valence-electron chi connectivity index (χ4n) is 4.04. The minimum Gasteiger partial charge on any atom is -0.246 e. The zero-order valence-corrected chi connectivity index (χ0v) is 15.1. The lowest BCUT2D eigenvalue weighted by Gasteiger charge is -2.07. The van der Waals surface area contributed by atoms with Crippen molar-refractivity contribution in [3.05, 3.63) is 78.4 Å². The molecule has 0 amide bonds. The van der Waals surface area contributed by atoms with Crippen molar-refractivity contribution in [3.63, 3.8) is 0 Å². The van der Waals surface area contributed by atoms with E-state index in [0.29, 0.717) is 0 Å². The van der Waals surface area contributed by atoms with Gasteiger partial charge in [-0.3, -0.25) is 0 Å². The molecule has 1 aliphatic rings. The minimum absolute atomic E-state index is 0.756. The number of hydrogen-bond acceptors (Lipinski definition) is 2. The quantitative estimate of drug-likeness (QED) is 0.329. The van der Waals surface area contributed by atoms with E-state index in [0.717, 1.165) is 17.1 Å². The molecule has 0 unspecified atom stereocenters. The highest BCUT2D eigenvalue weighted by Gasteiger charge is 2.27. The molecule has 2 aromatic heterocycles. The number of thiophene rings is 1. The number of pyridine rings is 1. The maximum atomic E-state index is 5.07. The van der Waals surface area contributed by atoms with E-state index in [4.69, 9.17) is 4.98 Å². The van der Waals surface area contributed by atoms with Crippen molar-refractivity contribution in [2.45, 2.75) is 18.8 Å². The van der Waals surface area contributed by atoms with Gasteiger partial charge in [0, 0.05) is 26.4 Å². The van der Waals surface area contributed by atoms with Gasteiger partial charge in [-0.25, -0.2) is 4.98 Å². The van der Waals surface area contributed by atoms with Gasteiger partial charge in [-0.1, -0.05) is 66.7 Å². The molecule has 3 aromatic carbocycles. The Balaban J connectivity index is 1.83. The molecule has 0 bridgehead atoms. The van der Waals surface area contributed by atoms with Crippen LogP contribution in [0.3, 0.4) is 0 Å². The molecule has 1 aliphatic carbocycles. The first-order valence-electron chi connectivity index (χ1n) is 9.19. The summed E-state index contributed by atoms with van der Waals surface area (Å²) in [6, 6.07) is 26.0. The van der Waals surface area contributed by atoms with Crippen LogP contribution in [0.15, 0.2) is 72.8 Å². The van der Waals surface area contributed by atoms with E-state index in [1.54, 1.807) is 0 Å². The third-order valence-corrected chi connectivity index (χ3v) is 6.69. The SMILES string of the molecule is c1ccc(-c2nc3ccccc3c3c2sc2c(C4CC4)cccc23)cc1. The highest BCUT2D eigenvalue weighted by Crippen LogP contribution is 2.49. The van der Waals surface area contributed by atoms with Crippen LogP contribution < -0.4 is 0 Å². The Kier molecular flexibility index (Phi) is 3.00. The molecule has 0 saturated heterocycles. The van der Waals surface area contributed by atoms with E-state index >= 15 is 0 Å². The van der Waals surface area contributed by atoms with Crippen LogP contribution in [0.1, 0.15) is 24.3 Å². The molecule has 26 heavy (non-hydrogen) atoms. The largest absolute Gasteiger partial charge is 0.246 e. The fraction of sp³-hybridized carbons (Fsp3) is 0.125. The Bertz CT molecular complexity index is 1280. The molecule has 124 valence electrons. The summed E-state index contributed by atoms with van der Waals surface area (Å²) in [6.07, 6.45) is 2.66. The van der Waals surface area contributed by atoms with Crippen molar-refractivity contribution in [2.75, 3.05) is 0 Å². The second-order valence-electron chi connectivity index (χ2n) is 7.15. The summed E-state index contributed by atoms with van der Waals surface area (Å²) in [5.41, 5.74) is 4.92. The molecule has 0 atom stereocenters. The van der Waals surface area contributed by atoms with Crippen molar-refractivity contribution in [3.8, 4) is 11.3 Å². The van der Waals surface area contributed by atoms with Crippen LogP contribution in [0.2, 0.25) is 0 Å². The van der Waals surface area contributed by atoms with E-state index in [1.807, 2.05) is 11.3 Å². The summed E-state index contributed by atoms with van der Waals surface area (Å²) >= 11 is 1.93. The first kappa shape index (κ1) is 14.5. The molecule has 0 N–H and O–H groups in total. The lowest BCUT2D eigenvalue weighted by Crippen LogP contribution is -1.86. The molecular weight excluding hydrogens is 334 g/mol. The second kappa shape index (κ2) is 5.39. The summed E-state index contributed by atoms with van der Waals surface area (Å²) < 4.78 is 2.78. The van der Waals surface area contributed by atoms with Crippen molar-refractivity contribution >= 4 is 42.4 Å². The molecule has 0 spiro atoms. The molecule has 0 radical (unpaired) electrons. The zero-order valence-electron chi connectivity index (χ0n) is 14.3. The van der Waals surface area contributed by atoms with Crippen LogP contribution in [-0.4, -0.2) is 4.98 Å². The normalized spacial score (nSPS) is 14.5. The third-order valence-electron chi connectivity index (χ3n) is 5.43. The molecule has 0 aliphatic heterocycles. The Morgan fingerprint density at radius 1 is 0.731 bits per heavy atom. The first-order valence-corrected chi connectivity index (χ1v) is 10.0. The van der Waals surface area contributed by atoms with Crippen LogP contribution >= 0.6 is 11.3 Å². The first-order chi connectivity index (χ1) is 12.9. The van der Waals surface area contributed by atoms with Gasteiger partial charge in [0.15, 0.2) is 0 Å². The topological polar surface area (TPSA) is 12.9 Å². The Morgan fingerprint density at radius 2 is 1.50 bits per heavy atom. The van der Waals surface area contributed by atoms with Gasteiger partial charge in [0.25, 0.3) is 0 Å². The van der Waals surface area contributed by atoms with Gasteiger partial charge in [-0.2, -0.15) is 0 Å². The predicted octanol–water partition coefficient (Wildman–Crippen LogP) is 7.15. The monoisotopic (exact) mass is 351 g/mol. The van der Waals surface area contributed by atoms with Crippen molar-refractivity contribution in [2.24, 2.45) is 0 Å². The highest BCUT2D eigenvalue weighted by atomic mass is 32.1. The van der Waals surface area contributed by atoms with Gasteiger partial charge >= 0.3 is 0 Å². The number of benzene rings is 3. The smallest absolute Gasteiger partial charge is 0.0888 e. The summed E-state index contributed by atoms with van der Waals surface area (Å²) in [7, 11) is 0. The van der Waals surface area contributed by atoms with E-state index in [-0.39, 0.29) is 0 Å². The predicted molar refractivity (Wildman–Crippen MR) is 112 cm³/mol. The van der Waals surface area contributed by atoms with Crippen LogP contribution in [0.25, 0.3) is 42.3 Å². The lowest BCUT2D eigenvalue weighted by molar-refractivity contribution is 1.16. The van der Waals surface area contributed by atoms with E-state index in [9.17, 15) is 0 Å². The van der Waals surface area contributed by atoms with Gasteiger partial charge in [-0.05, 0) is 30.4 Å². The summed E-state index contributed by atoms with van der Waals surface area (Å²) in [5, 5.41) is 4.03. The lowest BCUT2D eigenvalue weighted by atomic mass is 10.0. The van der Waals surface area contributed by atoms with E-state index in [2.05, 4.69) is 72.8 Å². The molecule has 5 aromatic rings. The van der Waals surface area contributed by atoms with Gasteiger partial charge in [0.05, 0.1) is 15.9 Å². The maximum Gasteiger partial charge on any atom is 0.0888 e. The third kappa shape index (κ3) is 2.06. The van der Waals surface area contributed by atoms with Gasteiger partial charge in [0.2, 0.25) is 0 Å². The summed E-state index contributed by atoms with van der Waals surface area (Å²) in [4.78, 5) is 5.07. The standard InChI is InChI=1S/C24H17NS/c1-2-7-16(8-3-1)22-24-21(18-9-4-5-12-20(18)25-22)19-11-6-10-17(15-13-14-15)23(19)26-24/h1-12,15H,13-14H2. The average molecular weight is 351 g/mol. The Hall–Kier alpha value is -2.71. The highest BCUT2D eigenvalue weighted by molar-refractivity contribution is 7.26. The minimum atomic E-state index is 0.756. The van der Waals surface area contributed by atoms with Crippen LogP contribution in [0, 0.1) is 0 Å². The number of nitrogens with zero attached hydrogens (tertiary/aromatic N) is 1. The summed E-state index contributed by atoms with van der Waals surface area (Å²) in [5.74, 6) is 0.756. The Labute approximate surface area is 155 Å². The van der Waals surface area contributed by atoms with Crippen molar-refractivity contribution < 1.29 is 0 Å². The van der Waals surface area contributed by atoms with Crippen molar-refractivity contribution in [1.82, 2.24) is 4.98 Å². The fourth-order valence-corrected chi connectivity index (χ4v) is 5.46. The number of aromatic nitrogens is 1. The number of rotatable bonds is 2. The molecular formula is C24H17NS. The number of fused-ring (bicyclic) bond motifs is 5. The Morgan fingerprint density at radius 3 is 2.35 bits per heavy atom. The molecule has 2 heteroatoms. The molecule has 1 saturated carbocycles. The van der Waals surface area contributed by atoms with Gasteiger partial charge in [0.1, 0.15) is 0 Å². The maximum absolute atomic E-state index is 5.07. The average Bonchev–Trinajstić information content (AvgIpc) is 3.47. The van der Waals surface area contributed by atoms with Crippen molar-refractivity contribution in [1.29, 1.82) is 0 Å². The zero-order chi connectivity index (χ0) is 17.1. The van der Waals surface area contributed by atoms with Crippen LogP contribution in [0.4, 0.5) is 0 Å². The molecule has 1 fully saturated rings. The van der Waals surface area contributed by atoms with E-state index in [1.165, 1.54) is 49.5 Å².